The van der Waals surface area contributed by atoms with Crippen LogP contribution in [0.25, 0.3) is 0 Å². The van der Waals surface area contributed by atoms with Crippen molar-refractivity contribution in [1.29, 1.82) is 0 Å². The fraction of sp³-hybridized carbons (Fsp3) is 0.364. The quantitative estimate of drug-likeness (QED) is 0.753. The third-order valence-corrected chi connectivity index (χ3v) is 6.03. The standard InChI is InChI=1S/C22H23Cl2N3O2/c23-16-5-1-4-15(12-16)19-14-20(19)21(28)26-8-3-9-27(11-10-26)22(29)25-18-7-2-6-17(24)13-18/h1-2,4-7,12-13,19-20H,3,8-11,14H2,(H,25,29). The molecule has 2 fully saturated rings. The molecule has 152 valence electrons. The Bertz CT molecular complexity index is 920. The van der Waals surface area contributed by atoms with E-state index in [9.17, 15) is 9.59 Å². The SMILES string of the molecule is O=C(Nc1cccc(Cl)c1)N1CCCN(C(=O)C2CC2c2cccc(Cl)c2)CC1. The van der Waals surface area contributed by atoms with E-state index in [-0.39, 0.29) is 23.8 Å². The Morgan fingerprint density at radius 3 is 2.34 bits per heavy atom. The highest BCUT2D eigenvalue weighted by atomic mass is 35.5. The Balaban J connectivity index is 1.32. The molecule has 1 saturated heterocycles. The van der Waals surface area contributed by atoms with Gasteiger partial charge in [-0.3, -0.25) is 4.79 Å². The van der Waals surface area contributed by atoms with Gasteiger partial charge in [-0.1, -0.05) is 41.4 Å². The van der Waals surface area contributed by atoms with E-state index < -0.39 is 0 Å². The van der Waals surface area contributed by atoms with Crippen molar-refractivity contribution in [3.8, 4) is 0 Å². The van der Waals surface area contributed by atoms with Crippen LogP contribution in [0.3, 0.4) is 0 Å². The summed E-state index contributed by atoms with van der Waals surface area (Å²) in [5, 5.41) is 4.16. The lowest BCUT2D eigenvalue weighted by molar-refractivity contribution is -0.132. The highest BCUT2D eigenvalue weighted by Gasteiger charge is 2.45. The monoisotopic (exact) mass is 431 g/mol. The van der Waals surface area contributed by atoms with Crippen molar-refractivity contribution < 1.29 is 9.59 Å². The molecule has 4 rings (SSSR count). The summed E-state index contributed by atoms with van der Waals surface area (Å²) in [6, 6.07) is 14.7. The van der Waals surface area contributed by atoms with Crippen LogP contribution >= 0.6 is 23.2 Å². The van der Waals surface area contributed by atoms with Crippen molar-refractivity contribution in [2.24, 2.45) is 5.92 Å². The maximum Gasteiger partial charge on any atom is 0.321 e. The summed E-state index contributed by atoms with van der Waals surface area (Å²) in [6.07, 6.45) is 1.64. The molecule has 2 unspecified atom stereocenters. The van der Waals surface area contributed by atoms with Crippen LogP contribution in [-0.2, 0) is 4.79 Å². The minimum Gasteiger partial charge on any atom is -0.341 e. The first-order valence-corrected chi connectivity index (χ1v) is 10.6. The van der Waals surface area contributed by atoms with E-state index in [1.807, 2.05) is 29.2 Å². The summed E-state index contributed by atoms with van der Waals surface area (Å²) in [4.78, 5) is 29.2. The van der Waals surface area contributed by atoms with Gasteiger partial charge in [0.25, 0.3) is 0 Å². The van der Waals surface area contributed by atoms with Crippen molar-refractivity contribution >= 4 is 40.8 Å². The molecule has 3 amide bonds. The summed E-state index contributed by atoms with van der Waals surface area (Å²) < 4.78 is 0. The van der Waals surface area contributed by atoms with Gasteiger partial charge >= 0.3 is 6.03 Å². The number of nitrogens with one attached hydrogen (secondary N) is 1. The highest BCUT2D eigenvalue weighted by molar-refractivity contribution is 6.31. The number of carbonyl (C=O) groups excluding carboxylic acids is 2. The maximum atomic E-state index is 12.9. The number of halogens is 2. The van der Waals surface area contributed by atoms with Crippen molar-refractivity contribution in [3.05, 3.63) is 64.1 Å². The van der Waals surface area contributed by atoms with Gasteiger partial charge in [0.2, 0.25) is 5.91 Å². The van der Waals surface area contributed by atoms with E-state index in [2.05, 4.69) is 5.32 Å². The molecule has 7 heteroatoms. The molecule has 0 bridgehead atoms. The van der Waals surface area contributed by atoms with Gasteiger partial charge in [0.1, 0.15) is 0 Å². The lowest BCUT2D eigenvalue weighted by Gasteiger charge is -2.22. The molecule has 1 N–H and O–H groups in total. The molecular formula is C22H23Cl2N3O2. The van der Waals surface area contributed by atoms with E-state index in [1.54, 1.807) is 29.2 Å². The molecule has 2 atom stereocenters. The number of anilines is 1. The number of carbonyl (C=O) groups is 2. The molecule has 1 heterocycles. The largest absolute Gasteiger partial charge is 0.341 e. The summed E-state index contributed by atoms with van der Waals surface area (Å²) in [6.45, 7) is 2.38. The zero-order valence-corrected chi connectivity index (χ0v) is 17.5. The van der Waals surface area contributed by atoms with Gasteiger partial charge in [0.05, 0.1) is 0 Å². The molecule has 29 heavy (non-hydrogen) atoms. The van der Waals surface area contributed by atoms with Crippen LogP contribution in [0.1, 0.15) is 24.3 Å². The first kappa shape index (κ1) is 20.0. The number of hydrogen-bond donors (Lipinski definition) is 1. The topological polar surface area (TPSA) is 52.7 Å². The Kier molecular flexibility index (Phi) is 5.97. The molecule has 2 aliphatic rings. The zero-order valence-electron chi connectivity index (χ0n) is 16.0. The van der Waals surface area contributed by atoms with Crippen LogP contribution in [0.15, 0.2) is 48.5 Å². The van der Waals surface area contributed by atoms with Crippen molar-refractivity contribution in [2.45, 2.75) is 18.8 Å². The van der Waals surface area contributed by atoms with Crippen LogP contribution < -0.4 is 5.32 Å². The molecule has 0 aromatic heterocycles. The van der Waals surface area contributed by atoms with Gasteiger partial charge in [-0.05, 0) is 54.7 Å². The van der Waals surface area contributed by atoms with E-state index in [0.717, 1.165) is 18.4 Å². The Morgan fingerprint density at radius 1 is 0.897 bits per heavy atom. The Hall–Kier alpha value is -2.24. The Labute approximate surface area is 180 Å². The number of amides is 3. The highest BCUT2D eigenvalue weighted by Crippen LogP contribution is 2.48. The molecule has 5 nitrogen and oxygen atoms in total. The molecule has 1 aliphatic carbocycles. The second-order valence-corrected chi connectivity index (χ2v) is 8.48. The third kappa shape index (κ3) is 4.85. The molecule has 0 radical (unpaired) electrons. The predicted octanol–water partition coefficient (Wildman–Crippen LogP) is 4.86. The first-order chi connectivity index (χ1) is 14.0. The molecule has 2 aromatic rings. The fourth-order valence-corrected chi connectivity index (χ4v) is 4.31. The number of hydrogen-bond acceptors (Lipinski definition) is 2. The molecular weight excluding hydrogens is 409 g/mol. The smallest absolute Gasteiger partial charge is 0.321 e. The maximum absolute atomic E-state index is 12.9. The summed E-state index contributed by atoms with van der Waals surface area (Å²) >= 11 is 12.1. The predicted molar refractivity (Wildman–Crippen MR) is 116 cm³/mol. The fourth-order valence-electron chi connectivity index (χ4n) is 3.92. The van der Waals surface area contributed by atoms with Crippen LogP contribution in [0.2, 0.25) is 10.0 Å². The van der Waals surface area contributed by atoms with E-state index in [4.69, 9.17) is 23.2 Å². The van der Waals surface area contributed by atoms with Gasteiger partial charge in [-0.25, -0.2) is 4.79 Å². The molecule has 2 aromatic carbocycles. The van der Waals surface area contributed by atoms with Crippen molar-refractivity contribution in [3.63, 3.8) is 0 Å². The number of urea groups is 1. The molecule has 1 saturated carbocycles. The second-order valence-electron chi connectivity index (χ2n) is 7.61. The normalized spacial score (nSPS) is 21.4. The average Bonchev–Trinajstić information content (AvgIpc) is 3.51. The minimum absolute atomic E-state index is 0.0281. The Morgan fingerprint density at radius 2 is 1.59 bits per heavy atom. The third-order valence-electron chi connectivity index (χ3n) is 5.56. The first-order valence-electron chi connectivity index (χ1n) is 9.87. The summed E-state index contributed by atoms with van der Waals surface area (Å²) in [5.74, 6) is 0.471. The lowest BCUT2D eigenvalue weighted by Crippen LogP contribution is -2.39. The average molecular weight is 432 g/mol. The van der Waals surface area contributed by atoms with Gasteiger partial charge in [0, 0.05) is 47.8 Å². The number of nitrogens with zero attached hydrogens (tertiary/aromatic N) is 2. The van der Waals surface area contributed by atoms with Crippen molar-refractivity contribution in [1.82, 2.24) is 9.80 Å². The molecule has 1 aliphatic heterocycles. The zero-order chi connectivity index (χ0) is 20.4. The van der Waals surface area contributed by atoms with Crippen LogP contribution in [0.5, 0.6) is 0 Å². The summed E-state index contributed by atoms with van der Waals surface area (Å²) in [7, 11) is 0. The van der Waals surface area contributed by atoms with E-state index >= 15 is 0 Å². The lowest BCUT2D eigenvalue weighted by atomic mass is 10.1. The number of benzene rings is 2. The van der Waals surface area contributed by atoms with Gasteiger partial charge < -0.3 is 15.1 Å². The summed E-state index contributed by atoms with van der Waals surface area (Å²) in [5.41, 5.74) is 1.80. The van der Waals surface area contributed by atoms with Crippen LogP contribution in [0.4, 0.5) is 10.5 Å². The van der Waals surface area contributed by atoms with Gasteiger partial charge in [0.15, 0.2) is 0 Å². The molecule has 0 spiro atoms. The minimum atomic E-state index is -0.162. The van der Waals surface area contributed by atoms with E-state index in [0.29, 0.717) is 41.9 Å². The van der Waals surface area contributed by atoms with Gasteiger partial charge in [-0.15, -0.1) is 0 Å². The van der Waals surface area contributed by atoms with Gasteiger partial charge in [-0.2, -0.15) is 0 Å². The number of rotatable bonds is 3. The van der Waals surface area contributed by atoms with Crippen molar-refractivity contribution in [2.75, 3.05) is 31.5 Å². The van der Waals surface area contributed by atoms with Crippen LogP contribution in [-0.4, -0.2) is 47.9 Å². The van der Waals surface area contributed by atoms with Crippen LogP contribution in [0, 0.1) is 5.92 Å². The van der Waals surface area contributed by atoms with E-state index in [1.165, 1.54) is 0 Å². The second kappa shape index (κ2) is 8.64.